The zero-order valence-electron chi connectivity index (χ0n) is 21.8. The number of fused-ring (bicyclic) bond motifs is 1. The molecule has 1 aromatic heterocycles. The Kier molecular flexibility index (Phi) is 7.62. The number of rotatable bonds is 7. The lowest BCUT2D eigenvalue weighted by atomic mass is 9.79. The van der Waals surface area contributed by atoms with Crippen LogP contribution >= 0.6 is 0 Å². The van der Waals surface area contributed by atoms with Crippen molar-refractivity contribution in [3.63, 3.8) is 0 Å². The largest absolute Gasteiger partial charge is 0.466 e. The highest BCUT2D eigenvalue weighted by Crippen LogP contribution is 2.42. The van der Waals surface area contributed by atoms with Crippen LogP contribution in [0.2, 0.25) is 0 Å². The van der Waals surface area contributed by atoms with Gasteiger partial charge in [-0.15, -0.1) is 0 Å². The highest BCUT2D eigenvalue weighted by Gasteiger charge is 2.39. The third-order valence-corrected chi connectivity index (χ3v) is 6.64. The number of hydrogen-bond acceptors (Lipinski definition) is 7. The zero-order valence-corrected chi connectivity index (χ0v) is 21.8. The quantitative estimate of drug-likeness (QED) is 0.336. The molecule has 1 N–H and O–H groups in total. The van der Waals surface area contributed by atoms with Gasteiger partial charge in [-0.3, -0.25) is 4.79 Å². The molecule has 0 aliphatic carbocycles. The van der Waals surface area contributed by atoms with Crippen molar-refractivity contribution in [2.45, 2.75) is 46.5 Å². The van der Waals surface area contributed by atoms with E-state index in [-0.39, 0.29) is 23.2 Å². The number of ether oxygens (including phenoxy) is 2. The van der Waals surface area contributed by atoms with Crippen LogP contribution in [0.5, 0.6) is 0 Å². The molecule has 2 heterocycles. The van der Waals surface area contributed by atoms with Gasteiger partial charge in [0.25, 0.3) is 0 Å². The van der Waals surface area contributed by atoms with Gasteiger partial charge in [0.15, 0.2) is 5.43 Å². The van der Waals surface area contributed by atoms with Crippen molar-refractivity contribution >= 4 is 22.9 Å². The van der Waals surface area contributed by atoms with E-state index in [0.717, 1.165) is 18.4 Å². The summed E-state index contributed by atoms with van der Waals surface area (Å²) in [5.74, 6) is -1.54. The number of methoxy groups -OCH3 is 1. The zero-order chi connectivity index (χ0) is 26.7. The number of carbonyl (C=O) groups is 2. The molecule has 0 radical (unpaired) electrons. The molecule has 3 aromatic rings. The van der Waals surface area contributed by atoms with E-state index in [0.29, 0.717) is 39.3 Å². The molecule has 0 saturated heterocycles. The van der Waals surface area contributed by atoms with Crippen LogP contribution in [0.4, 0.5) is 0 Å². The van der Waals surface area contributed by atoms with Crippen LogP contribution in [0.1, 0.15) is 50.7 Å². The number of carbonyl (C=O) groups excluding carboxylic acids is 2. The topological polar surface area (TPSA) is 94.8 Å². The molecule has 0 spiro atoms. The predicted molar refractivity (Wildman–Crippen MR) is 142 cm³/mol. The number of nitrogens with one attached hydrogen (secondary N) is 1. The average molecular weight is 502 g/mol. The van der Waals surface area contributed by atoms with Gasteiger partial charge in [0, 0.05) is 28.1 Å². The summed E-state index contributed by atoms with van der Waals surface area (Å²) in [7, 11) is 1.30. The van der Waals surface area contributed by atoms with Crippen LogP contribution in [0.15, 0.2) is 80.3 Å². The predicted octanol–water partition coefficient (Wildman–Crippen LogP) is 5.52. The summed E-state index contributed by atoms with van der Waals surface area (Å²) in [6.07, 6.45) is 1.59. The molecule has 1 aliphatic heterocycles. The second-order valence-corrected chi connectivity index (χ2v) is 9.09. The smallest absolute Gasteiger partial charge is 0.336 e. The summed E-state index contributed by atoms with van der Waals surface area (Å²) >= 11 is 0. The first-order valence-corrected chi connectivity index (χ1v) is 12.4. The van der Waals surface area contributed by atoms with Gasteiger partial charge in [0.05, 0.1) is 36.2 Å². The molecule has 37 heavy (non-hydrogen) atoms. The Balaban J connectivity index is 2.01. The van der Waals surface area contributed by atoms with Gasteiger partial charge in [0.2, 0.25) is 0 Å². The van der Waals surface area contributed by atoms with Gasteiger partial charge in [-0.1, -0.05) is 55.8 Å². The molecule has 1 aliphatic rings. The monoisotopic (exact) mass is 501 g/mol. The standard InChI is InChI=1S/C30H31NO6/c1-6-7-16-36-30(34)24-19(4)31-18(3)23(29(33)35-5)25(24)21-14-11-15-22-26(32)17(2)27(37-28(21)22)20-12-9-8-10-13-20/h8-15,25,31H,6-7,16H2,1-5H3. The van der Waals surface area contributed by atoms with Gasteiger partial charge in [-0.05, 0) is 33.3 Å². The Labute approximate surface area is 215 Å². The van der Waals surface area contributed by atoms with Crippen molar-refractivity contribution in [1.82, 2.24) is 5.32 Å². The number of benzene rings is 2. The lowest BCUT2D eigenvalue weighted by Gasteiger charge is -2.30. The molecule has 0 fully saturated rings. The molecule has 7 heteroatoms. The lowest BCUT2D eigenvalue weighted by molar-refractivity contribution is -0.139. The number of allylic oxidation sites excluding steroid dienone is 2. The van der Waals surface area contributed by atoms with E-state index in [4.69, 9.17) is 13.9 Å². The van der Waals surface area contributed by atoms with Crippen molar-refractivity contribution in [2.24, 2.45) is 0 Å². The molecular formula is C30H31NO6. The third-order valence-electron chi connectivity index (χ3n) is 6.64. The van der Waals surface area contributed by atoms with Gasteiger partial charge < -0.3 is 19.2 Å². The van der Waals surface area contributed by atoms with Gasteiger partial charge >= 0.3 is 11.9 Å². The molecule has 4 rings (SSSR count). The molecule has 0 bridgehead atoms. The Morgan fingerprint density at radius 3 is 2.27 bits per heavy atom. The summed E-state index contributed by atoms with van der Waals surface area (Å²) in [5, 5.41) is 3.50. The van der Waals surface area contributed by atoms with Crippen LogP contribution < -0.4 is 10.7 Å². The fourth-order valence-corrected chi connectivity index (χ4v) is 4.77. The molecule has 1 atom stereocenters. The molecule has 192 valence electrons. The summed E-state index contributed by atoms with van der Waals surface area (Å²) in [6, 6.07) is 14.6. The molecule has 1 unspecified atom stereocenters. The van der Waals surface area contributed by atoms with E-state index in [1.807, 2.05) is 37.3 Å². The highest BCUT2D eigenvalue weighted by atomic mass is 16.5. The van der Waals surface area contributed by atoms with Crippen molar-refractivity contribution in [3.05, 3.63) is 92.4 Å². The molecule has 2 aromatic carbocycles. The number of unbranched alkanes of at least 4 members (excludes halogenated alkanes) is 1. The maximum atomic E-state index is 13.5. The summed E-state index contributed by atoms with van der Waals surface area (Å²) in [6.45, 7) is 7.52. The third kappa shape index (κ3) is 4.81. The Morgan fingerprint density at radius 1 is 0.946 bits per heavy atom. The fraction of sp³-hybridized carbons (Fsp3) is 0.300. The van der Waals surface area contributed by atoms with Crippen molar-refractivity contribution in [2.75, 3.05) is 13.7 Å². The second kappa shape index (κ2) is 10.9. The SMILES string of the molecule is CCCCOC(=O)C1=C(C)NC(C)=C(C(=O)OC)C1c1cccc2c(=O)c(C)c(-c3ccccc3)oc12. The van der Waals surface area contributed by atoms with Crippen molar-refractivity contribution in [1.29, 1.82) is 0 Å². The van der Waals surface area contributed by atoms with E-state index < -0.39 is 17.9 Å². The minimum atomic E-state index is -0.860. The summed E-state index contributed by atoms with van der Waals surface area (Å²) < 4.78 is 17.1. The Hall–Kier alpha value is -4.13. The molecule has 0 amide bonds. The minimum absolute atomic E-state index is 0.177. The van der Waals surface area contributed by atoms with E-state index in [1.54, 1.807) is 39.0 Å². The van der Waals surface area contributed by atoms with Gasteiger partial charge in [-0.25, -0.2) is 9.59 Å². The van der Waals surface area contributed by atoms with E-state index in [9.17, 15) is 14.4 Å². The number of hydrogen-bond donors (Lipinski definition) is 1. The Bertz CT molecular complexity index is 1480. The number of para-hydroxylation sites is 1. The maximum Gasteiger partial charge on any atom is 0.336 e. The maximum absolute atomic E-state index is 13.5. The second-order valence-electron chi connectivity index (χ2n) is 9.09. The van der Waals surface area contributed by atoms with E-state index in [2.05, 4.69) is 5.32 Å². The molecular weight excluding hydrogens is 470 g/mol. The van der Waals surface area contributed by atoms with Crippen LogP contribution in [0.3, 0.4) is 0 Å². The number of dihydropyridines is 1. The van der Waals surface area contributed by atoms with E-state index in [1.165, 1.54) is 7.11 Å². The number of esters is 2. The first-order chi connectivity index (χ1) is 17.8. The van der Waals surface area contributed by atoms with Crippen LogP contribution in [0, 0.1) is 6.92 Å². The molecule has 0 saturated carbocycles. The minimum Gasteiger partial charge on any atom is -0.466 e. The highest BCUT2D eigenvalue weighted by molar-refractivity contribution is 6.01. The van der Waals surface area contributed by atoms with Crippen molar-refractivity contribution < 1.29 is 23.5 Å². The lowest BCUT2D eigenvalue weighted by Crippen LogP contribution is -2.32. The van der Waals surface area contributed by atoms with Crippen LogP contribution in [-0.4, -0.2) is 25.7 Å². The summed E-state index contributed by atoms with van der Waals surface area (Å²) in [4.78, 5) is 39.9. The fourth-order valence-electron chi connectivity index (χ4n) is 4.77. The summed E-state index contributed by atoms with van der Waals surface area (Å²) in [5.41, 5.74) is 3.52. The normalized spacial score (nSPS) is 15.5. The van der Waals surface area contributed by atoms with Gasteiger partial charge in [-0.2, -0.15) is 0 Å². The van der Waals surface area contributed by atoms with Crippen molar-refractivity contribution in [3.8, 4) is 11.3 Å². The first-order valence-electron chi connectivity index (χ1n) is 12.4. The van der Waals surface area contributed by atoms with Crippen LogP contribution in [0.25, 0.3) is 22.3 Å². The van der Waals surface area contributed by atoms with E-state index >= 15 is 0 Å². The van der Waals surface area contributed by atoms with Gasteiger partial charge in [0.1, 0.15) is 11.3 Å². The Morgan fingerprint density at radius 2 is 1.62 bits per heavy atom. The first kappa shape index (κ1) is 25.9. The van der Waals surface area contributed by atoms with Crippen LogP contribution in [-0.2, 0) is 19.1 Å². The average Bonchev–Trinajstić information content (AvgIpc) is 2.90. The molecule has 7 nitrogen and oxygen atoms in total.